The highest BCUT2D eigenvalue weighted by atomic mass is 16.5. The zero-order valence-electron chi connectivity index (χ0n) is 16.1. The van der Waals surface area contributed by atoms with Gasteiger partial charge < -0.3 is 14.6 Å². The summed E-state index contributed by atoms with van der Waals surface area (Å²) in [5.74, 6) is 1.97. The molecule has 1 aromatic heterocycles. The number of aromatic nitrogens is 1. The molecule has 1 aromatic carbocycles. The van der Waals surface area contributed by atoms with Crippen molar-refractivity contribution in [2.75, 3.05) is 27.3 Å². The molecule has 2 aliphatic rings. The largest absolute Gasteiger partial charge is 0.493 e. The lowest BCUT2D eigenvalue weighted by atomic mass is 9.64. The number of hydrogen-bond acceptors (Lipinski definition) is 5. The molecule has 1 saturated heterocycles. The van der Waals surface area contributed by atoms with Crippen molar-refractivity contribution in [3.63, 3.8) is 0 Å². The zero-order valence-corrected chi connectivity index (χ0v) is 16.1. The van der Waals surface area contributed by atoms with Crippen LogP contribution in [0.25, 0.3) is 0 Å². The minimum Gasteiger partial charge on any atom is -0.493 e. The topological polar surface area (TPSA) is 54.8 Å². The number of para-hydroxylation sites is 1. The molecule has 144 valence electrons. The van der Waals surface area contributed by atoms with Gasteiger partial charge in [0, 0.05) is 43.2 Å². The summed E-state index contributed by atoms with van der Waals surface area (Å²) in [6.07, 6.45) is 5.04. The summed E-state index contributed by atoms with van der Waals surface area (Å²) in [6.45, 7) is 2.53. The van der Waals surface area contributed by atoms with Crippen LogP contribution in [0.4, 0.5) is 0 Å². The normalized spacial score (nSPS) is 28.0. The fraction of sp³-hybridized carbons (Fsp3) is 0.500. The molecule has 5 nitrogen and oxygen atoms in total. The van der Waals surface area contributed by atoms with Gasteiger partial charge in [0.2, 0.25) is 0 Å². The quantitative estimate of drug-likeness (QED) is 0.878. The second kappa shape index (κ2) is 7.49. The molecule has 27 heavy (non-hydrogen) atoms. The number of fused-ring (bicyclic) bond motifs is 2. The predicted octanol–water partition coefficient (Wildman–Crippen LogP) is 3.22. The average Bonchev–Trinajstić information content (AvgIpc) is 2.69. The van der Waals surface area contributed by atoms with Gasteiger partial charge in [-0.2, -0.15) is 0 Å². The van der Waals surface area contributed by atoms with Crippen LogP contribution in [0.1, 0.15) is 30.5 Å². The number of pyridine rings is 1. The Labute approximate surface area is 160 Å². The van der Waals surface area contributed by atoms with E-state index in [9.17, 15) is 5.11 Å². The fourth-order valence-electron chi connectivity index (χ4n) is 5.01. The molecule has 2 fully saturated rings. The van der Waals surface area contributed by atoms with Crippen LogP contribution in [0, 0.1) is 11.8 Å². The molecule has 0 amide bonds. The lowest BCUT2D eigenvalue weighted by Gasteiger charge is -2.52. The first-order chi connectivity index (χ1) is 13.2. The van der Waals surface area contributed by atoms with Crippen molar-refractivity contribution in [1.82, 2.24) is 9.88 Å². The Kier molecular flexibility index (Phi) is 5.06. The first-order valence-electron chi connectivity index (χ1n) is 9.73. The minimum atomic E-state index is -0.811. The molecule has 3 atom stereocenters. The smallest absolute Gasteiger partial charge is 0.165 e. The number of hydrogen-bond donors (Lipinski definition) is 1. The van der Waals surface area contributed by atoms with E-state index in [0.717, 1.165) is 55.2 Å². The molecular weight excluding hydrogens is 340 g/mol. The van der Waals surface area contributed by atoms with E-state index in [2.05, 4.69) is 16.0 Å². The van der Waals surface area contributed by atoms with Crippen LogP contribution < -0.4 is 9.47 Å². The second-order valence-corrected chi connectivity index (χ2v) is 7.71. The van der Waals surface area contributed by atoms with E-state index >= 15 is 0 Å². The van der Waals surface area contributed by atoms with Gasteiger partial charge in [0.1, 0.15) is 5.60 Å². The third-order valence-electron chi connectivity index (χ3n) is 6.26. The molecule has 1 aliphatic carbocycles. The van der Waals surface area contributed by atoms with Crippen molar-refractivity contribution >= 4 is 0 Å². The summed E-state index contributed by atoms with van der Waals surface area (Å²) >= 11 is 0. The Hall–Kier alpha value is -2.11. The lowest BCUT2D eigenvalue weighted by Crippen LogP contribution is -2.58. The van der Waals surface area contributed by atoms with Crippen molar-refractivity contribution in [2.45, 2.75) is 31.4 Å². The van der Waals surface area contributed by atoms with Crippen LogP contribution in [0.15, 0.2) is 42.6 Å². The van der Waals surface area contributed by atoms with E-state index in [0.29, 0.717) is 0 Å². The number of aliphatic hydroxyl groups is 1. The number of ether oxygens (including phenoxy) is 2. The monoisotopic (exact) mass is 368 g/mol. The van der Waals surface area contributed by atoms with Crippen molar-refractivity contribution in [3.8, 4) is 11.5 Å². The maximum Gasteiger partial charge on any atom is 0.165 e. The van der Waals surface area contributed by atoms with Gasteiger partial charge in [-0.25, -0.2) is 0 Å². The van der Waals surface area contributed by atoms with Gasteiger partial charge in [0.25, 0.3) is 0 Å². The predicted molar refractivity (Wildman–Crippen MR) is 104 cm³/mol. The van der Waals surface area contributed by atoms with Crippen LogP contribution >= 0.6 is 0 Å². The first-order valence-corrected chi connectivity index (χ1v) is 9.73. The minimum absolute atomic E-state index is 0.205. The Morgan fingerprint density at radius 2 is 1.85 bits per heavy atom. The Bertz CT molecular complexity index is 766. The molecule has 2 bridgehead atoms. The van der Waals surface area contributed by atoms with E-state index < -0.39 is 5.60 Å². The van der Waals surface area contributed by atoms with E-state index in [1.165, 1.54) is 6.42 Å². The Morgan fingerprint density at radius 1 is 1.07 bits per heavy atom. The summed E-state index contributed by atoms with van der Waals surface area (Å²) in [5.41, 5.74) is 1.14. The van der Waals surface area contributed by atoms with E-state index in [-0.39, 0.29) is 11.8 Å². The standard InChI is InChI=1S/C22H28N2O3/c1-26-19-10-5-7-16(21(19)27-2)13-24-14-17-8-6-9-18(15-24)22(17,25)20-11-3-4-12-23-20/h3-5,7,10-12,17-18,25H,6,8-9,13-15H2,1-2H3/t17-,18+,22?. The number of benzene rings is 1. The van der Waals surface area contributed by atoms with Crippen LogP contribution in [0.5, 0.6) is 11.5 Å². The van der Waals surface area contributed by atoms with E-state index in [4.69, 9.17) is 9.47 Å². The highest BCUT2D eigenvalue weighted by molar-refractivity contribution is 5.46. The van der Waals surface area contributed by atoms with Gasteiger partial charge in [-0.1, -0.05) is 24.6 Å². The molecule has 2 aromatic rings. The van der Waals surface area contributed by atoms with Gasteiger partial charge in [-0.15, -0.1) is 0 Å². The number of rotatable bonds is 5. The van der Waals surface area contributed by atoms with Gasteiger partial charge >= 0.3 is 0 Å². The SMILES string of the molecule is COc1cccc(CN2C[C@H]3CCC[C@@H](C2)C3(O)c2ccccn2)c1OC. The van der Waals surface area contributed by atoms with Gasteiger partial charge in [0.05, 0.1) is 19.9 Å². The van der Waals surface area contributed by atoms with Crippen LogP contribution in [0.3, 0.4) is 0 Å². The Morgan fingerprint density at radius 3 is 2.48 bits per heavy atom. The molecular formula is C22H28N2O3. The number of piperidine rings is 1. The van der Waals surface area contributed by atoms with Gasteiger partial charge in [0.15, 0.2) is 11.5 Å². The lowest BCUT2D eigenvalue weighted by molar-refractivity contribution is -0.151. The van der Waals surface area contributed by atoms with Gasteiger partial charge in [-0.05, 0) is 31.0 Å². The summed E-state index contributed by atoms with van der Waals surface area (Å²) in [4.78, 5) is 6.96. The van der Waals surface area contributed by atoms with E-state index in [1.54, 1.807) is 20.4 Å². The number of nitrogens with zero attached hydrogens (tertiary/aromatic N) is 2. The molecule has 1 unspecified atom stereocenters. The summed E-state index contributed by atoms with van der Waals surface area (Å²) < 4.78 is 11.0. The fourth-order valence-corrected chi connectivity index (χ4v) is 5.01. The summed E-state index contributed by atoms with van der Waals surface area (Å²) in [6, 6.07) is 11.9. The van der Waals surface area contributed by atoms with Crippen molar-refractivity contribution in [2.24, 2.45) is 11.8 Å². The molecule has 0 radical (unpaired) electrons. The second-order valence-electron chi connectivity index (χ2n) is 7.71. The van der Waals surface area contributed by atoms with Crippen molar-refractivity contribution in [1.29, 1.82) is 0 Å². The number of methoxy groups -OCH3 is 2. The molecule has 1 aliphatic heterocycles. The first kappa shape index (κ1) is 18.3. The third kappa shape index (κ3) is 3.19. The molecule has 5 heteroatoms. The van der Waals surface area contributed by atoms with Gasteiger partial charge in [-0.3, -0.25) is 9.88 Å². The maximum absolute atomic E-state index is 11.7. The molecule has 2 heterocycles. The number of likely N-dealkylation sites (tertiary alicyclic amines) is 1. The Balaban J connectivity index is 1.58. The third-order valence-corrected chi connectivity index (χ3v) is 6.26. The van der Waals surface area contributed by atoms with Crippen molar-refractivity contribution in [3.05, 3.63) is 53.9 Å². The average molecular weight is 368 g/mol. The highest BCUT2D eigenvalue weighted by Crippen LogP contribution is 2.49. The molecule has 1 saturated carbocycles. The van der Waals surface area contributed by atoms with Crippen LogP contribution in [0.2, 0.25) is 0 Å². The summed E-state index contributed by atoms with van der Waals surface area (Å²) in [7, 11) is 3.35. The molecule has 0 spiro atoms. The highest BCUT2D eigenvalue weighted by Gasteiger charge is 2.52. The maximum atomic E-state index is 11.7. The van der Waals surface area contributed by atoms with E-state index in [1.807, 2.05) is 30.3 Å². The zero-order chi connectivity index (χ0) is 18.9. The van der Waals surface area contributed by atoms with Crippen LogP contribution in [-0.2, 0) is 12.1 Å². The molecule has 1 N–H and O–H groups in total. The van der Waals surface area contributed by atoms with Crippen LogP contribution in [-0.4, -0.2) is 42.3 Å². The molecule has 4 rings (SSSR count). The summed E-state index contributed by atoms with van der Waals surface area (Å²) in [5, 5.41) is 11.7. The van der Waals surface area contributed by atoms with Crippen molar-refractivity contribution < 1.29 is 14.6 Å².